The fourth-order valence-corrected chi connectivity index (χ4v) is 4.78. The fraction of sp³-hybridized carbons (Fsp3) is 0.885. The summed E-state index contributed by atoms with van der Waals surface area (Å²) >= 11 is 0. The van der Waals surface area contributed by atoms with E-state index < -0.39 is 11.1 Å². The van der Waals surface area contributed by atoms with Crippen LogP contribution in [0.4, 0.5) is 0 Å². The van der Waals surface area contributed by atoms with Gasteiger partial charge in [0.2, 0.25) is 0 Å². The molecule has 1 saturated heterocycles. The zero-order valence-corrected chi connectivity index (χ0v) is 20.3. The lowest BCUT2D eigenvalue weighted by Crippen LogP contribution is -2.51. The molecule has 3 atom stereocenters. The third kappa shape index (κ3) is 9.39. The van der Waals surface area contributed by atoms with Crippen molar-refractivity contribution in [2.24, 2.45) is 11.7 Å². The van der Waals surface area contributed by atoms with Crippen LogP contribution in [-0.2, 0) is 19.0 Å². The van der Waals surface area contributed by atoms with E-state index in [1.165, 1.54) is 19.3 Å². The van der Waals surface area contributed by atoms with Crippen LogP contribution in [0.25, 0.3) is 0 Å². The van der Waals surface area contributed by atoms with Gasteiger partial charge in [0.05, 0.1) is 12.2 Å². The van der Waals surface area contributed by atoms with E-state index in [9.17, 15) is 9.90 Å². The highest BCUT2D eigenvalue weighted by Crippen LogP contribution is 2.37. The molecule has 3 unspecified atom stereocenters. The Morgan fingerprint density at radius 3 is 2.50 bits per heavy atom. The molecule has 184 valence electrons. The first kappa shape index (κ1) is 27.1. The predicted octanol–water partition coefficient (Wildman–Crippen LogP) is 4.47. The van der Waals surface area contributed by atoms with Crippen molar-refractivity contribution in [2.75, 3.05) is 19.8 Å². The minimum Gasteiger partial charge on any atom is -0.465 e. The summed E-state index contributed by atoms with van der Waals surface area (Å²) in [5.74, 6) is 6.12. The number of rotatable bonds is 12. The number of carbonyl (C=O) groups is 1. The number of aliphatic hydroxyl groups is 1. The van der Waals surface area contributed by atoms with Gasteiger partial charge in [0, 0.05) is 13.0 Å². The average molecular weight is 452 g/mol. The minimum absolute atomic E-state index is 0.105. The lowest BCUT2D eigenvalue weighted by Gasteiger charge is -2.38. The number of ether oxygens (including phenoxy) is 3. The molecule has 3 N–H and O–H groups in total. The molecule has 0 aromatic heterocycles. The van der Waals surface area contributed by atoms with Gasteiger partial charge in [0.25, 0.3) is 0 Å². The Hall–Kier alpha value is -1.13. The molecule has 1 aliphatic heterocycles. The highest BCUT2D eigenvalue weighted by atomic mass is 16.7. The maximum Gasteiger partial charge on any atom is 0.326 e. The summed E-state index contributed by atoms with van der Waals surface area (Å²) in [4.78, 5) is 12.6. The number of carbonyl (C=O) groups excluding carboxylic acids is 1. The van der Waals surface area contributed by atoms with Crippen LogP contribution in [0.1, 0.15) is 104 Å². The predicted molar refractivity (Wildman–Crippen MR) is 126 cm³/mol. The van der Waals surface area contributed by atoms with E-state index >= 15 is 0 Å². The van der Waals surface area contributed by atoms with Gasteiger partial charge in [0.1, 0.15) is 12.1 Å². The molecule has 1 heterocycles. The minimum atomic E-state index is -1.05. The molecular weight excluding hydrogens is 406 g/mol. The van der Waals surface area contributed by atoms with E-state index in [0.29, 0.717) is 38.4 Å². The molecule has 0 amide bonds. The van der Waals surface area contributed by atoms with Gasteiger partial charge in [0.15, 0.2) is 6.29 Å². The first-order valence-corrected chi connectivity index (χ1v) is 12.7. The van der Waals surface area contributed by atoms with Crippen LogP contribution in [0.3, 0.4) is 0 Å². The van der Waals surface area contributed by atoms with E-state index in [1.807, 2.05) is 6.92 Å². The first-order chi connectivity index (χ1) is 15.4. The van der Waals surface area contributed by atoms with Crippen molar-refractivity contribution in [3.63, 3.8) is 0 Å². The molecule has 0 spiro atoms. The quantitative estimate of drug-likeness (QED) is 0.258. The molecule has 1 aliphatic carbocycles. The molecule has 2 fully saturated rings. The van der Waals surface area contributed by atoms with Gasteiger partial charge in [-0.05, 0) is 77.6 Å². The Balaban J connectivity index is 1.74. The lowest BCUT2D eigenvalue weighted by atomic mass is 9.73. The molecule has 0 radical (unpaired) electrons. The van der Waals surface area contributed by atoms with E-state index in [-0.39, 0.29) is 12.3 Å². The molecular formula is C26H45NO5. The van der Waals surface area contributed by atoms with Gasteiger partial charge in [-0.1, -0.05) is 31.6 Å². The fourth-order valence-electron chi connectivity index (χ4n) is 4.78. The zero-order chi connectivity index (χ0) is 23.3. The monoisotopic (exact) mass is 451 g/mol. The van der Waals surface area contributed by atoms with Crippen LogP contribution >= 0.6 is 0 Å². The maximum absolute atomic E-state index is 12.6. The Morgan fingerprint density at radius 1 is 1.06 bits per heavy atom. The molecule has 32 heavy (non-hydrogen) atoms. The topological polar surface area (TPSA) is 91.0 Å². The highest BCUT2D eigenvalue weighted by molar-refractivity contribution is 5.80. The molecule has 6 nitrogen and oxygen atoms in total. The Morgan fingerprint density at radius 2 is 1.81 bits per heavy atom. The standard InChI is InChI=1S/C26H45NO5/c1-3-30-24(28)26(27,19-18-25(2,29)22-14-8-7-9-15-22)17-11-5-4-6-12-20-31-23-16-10-13-21-32-23/h22-23,29H,3-5,7-11,13-21,27H2,1-2H3. The van der Waals surface area contributed by atoms with Gasteiger partial charge in [-0.3, -0.25) is 4.79 Å². The number of nitrogens with two attached hydrogens (primary N) is 1. The summed E-state index contributed by atoms with van der Waals surface area (Å²) in [6.07, 6.45) is 12.7. The van der Waals surface area contributed by atoms with Gasteiger partial charge >= 0.3 is 5.97 Å². The molecule has 2 rings (SSSR count). The summed E-state index contributed by atoms with van der Waals surface area (Å²) in [7, 11) is 0. The van der Waals surface area contributed by atoms with Crippen molar-refractivity contribution >= 4 is 5.97 Å². The number of hydrogen-bond donors (Lipinski definition) is 2. The third-order valence-electron chi connectivity index (χ3n) is 7.02. The Labute approximate surface area is 194 Å². The largest absolute Gasteiger partial charge is 0.465 e. The summed E-state index contributed by atoms with van der Waals surface area (Å²) in [6.45, 7) is 5.18. The molecule has 6 heteroatoms. The van der Waals surface area contributed by atoms with Crippen molar-refractivity contribution in [3.8, 4) is 11.8 Å². The van der Waals surface area contributed by atoms with Crippen molar-refractivity contribution in [1.29, 1.82) is 0 Å². The van der Waals surface area contributed by atoms with Crippen molar-refractivity contribution in [3.05, 3.63) is 0 Å². The van der Waals surface area contributed by atoms with Crippen LogP contribution in [0.15, 0.2) is 0 Å². The van der Waals surface area contributed by atoms with E-state index in [0.717, 1.165) is 58.0 Å². The molecule has 0 aromatic carbocycles. The van der Waals surface area contributed by atoms with Gasteiger partial charge in [-0.25, -0.2) is 0 Å². The van der Waals surface area contributed by atoms with Crippen LogP contribution in [0, 0.1) is 17.8 Å². The maximum atomic E-state index is 12.6. The molecule has 0 aromatic rings. The smallest absolute Gasteiger partial charge is 0.326 e. The summed E-state index contributed by atoms with van der Waals surface area (Å²) in [5, 5.41) is 11.1. The van der Waals surface area contributed by atoms with Gasteiger partial charge < -0.3 is 25.1 Å². The zero-order valence-electron chi connectivity index (χ0n) is 20.3. The Kier molecular flexibility index (Phi) is 12.0. The molecule has 2 aliphatic rings. The summed E-state index contributed by atoms with van der Waals surface area (Å²) < 4.78 is 16.4. The van der Waals surface area contributed by atoms with Crippen LogP contribution < -0.4 is 5.73 Å². The van der Waals surface area contributed by atoms with Crippen LogP contribution in [0.2, 0.25) is 0 Å². The van der Waals surface area contributed by atoms with Gasteiger partial charge in [-0.15, -0.1) is 5.92 Å². The van der Waals surface area contributed by atoms with Crippen molar-refractivity contribution < 1.29 is 24.1 Å². The second kappa shape index (κ2) is 14.2. The normalized spacial score (nSPS) is 23.4. The lowest BCUT2D eigenvalue weighted by molar-refractivity contribution is -0.154. The molecule has 0 bridgehead atoms. The summed E-state index contributed by atoms with van der Waals surface area (Å²) in [5.41, 5.74) is 4.72. The summed E-state index contributed by atoms with van der Waals surface area (Å²) in [6, 6.07) is 0. The van der Waals surface area contributed by atoms with Crippen molar-refractivity contribution in [2.45, 2.75) is 121 Å². The second-order valence-corrected chi connectivity index (χ2v) is 9.74. The number of esters is 1. The third-order valence-corrected chi connectivity index (χ3v) is 7.02. The molecule has 1 saturated carbocycles. The van der Waals surface area contributed by atoms with Crippen LogP contribution in [-0.4, -0.2) is 48.3 Å². The van der Waals surface area contributed by atoms with Gasteiger partial charge in [-0.2, -0.15) is 0 Å². The van der Waals surface area contributed by atoms with E-state index in [1.54, 1.807) is 6.92 Å². The Bertz CT molecular complexity index is 599. The highest BCUT2D eigenvalue weighted by Gasteiger charge is 2.40. The second-order valence-electron chi connectivity index (χ2n) is 9.74. The number of hydrogen-bond acceptors (Lipinski definition) is 6. The van der Waals surface area contributed by atoms with E-state index in [4.69, 9.17) is 19.9 Å². The van der Waals surface area contributed by atoms with E-state index in [2.05, 4.69) is 11.8 Å². The average Bonchev–Trinajstić information content (AvgIpc) is 2.81. The number of unbranched alkanes of at least 4 members (excludes halogenated alkanes) is 2. The first-order valence-electron chi connectivity index (χ1n) is 12.7. The van der Waals surface area contributed by atoms with Crippen molar-refractivity contribution in [1.82, 2.24) is 0 Å². The van der Waals surface area contributed by atoms with Crippen LogP contribution in [0.5, 0.6) is 0 Å². The SMILES string of the molecule is CCOC(=O)C(N)(CCCCC#CCOC1CCCCO1)CCC(C)(O)C1CCCCC1.